The number of hydrogen-bond donors (Lipinski definition) is 2. The Hall–Kier alpha value is -4.51. The standard InChI is InChI=1S/C22H21F6N9O3/c1-12(33-15-9-32-34-17(38)16(15)22(26,27)28)10-37-11-13(6-31-20(37)40)18(39)35-2-4-36(5-3-35)19-29-7-14(8-30-19)21(23,24)25/h6-9,11-12H,2-5,10H2,1H3,(H2,33,34,38)/t12-/m0/s1. The fourth-order valence-corrected chi connectivity index (χ4v) is 4.01. The number of nitrogens with zero attached hydrogens (tertiary/aromatic N) is 7. The molecule has 40 heavy (non-hydrogen) atoms. The van der Waals surface area contributed by atoms with Crippen LogP contribution in [-0.4, -0.2) is 72.7 Å². The number of H-pyrrole nitrogens is 1. The molecule has 4 rings (SSSR count). The second-order valence-corrected chi connectivity index (χ2v) is 8.86. The first-order valence-corrected chi connectivity index (χ1v) is 11.7. The highest BCUT2D eigenvalue weighted by Gasteiger charge is 2.37. The van der Waals surface area contributed by atoms with E-state index in [9.17, 15) is 40.7 Å². The van der Waals surface area contributed by atoms with E-state index in [-0.39, 0.29) is 44.2 Å². The third-order valence-corrected chi connectivity index (χ3v) is 5.93. The summed E-state index contributed by atoms with van der Waals surface area (Å²) in [6, 6.07) is -0.818. The zero-order valence-corrected chi connectivity index (χ0v) is 20.6. The largest absolute Gasteiger partial charge is 0.423 e. The second-order valence-electron chi connectivity index (χ2n) is 8.86. The minimum atomic E-state index is -4.95. The lowest BCUT2D eigenvalue weighted by molar-refractivity contribution is -0.139. The molecule has 0 aromatic carbocycles. The van der Waals surface area contributed by atoms with E-state index in [4.69, 9.17) is 0 Å². The molecule has 0 saturated carbocycles. The summed E-state index contributed by atoms with van der Waals surface area (Å²) in [6.45, 7) is 2.08. The van der Waals surface area contributed by atoms with E-state index in [1.54, 1.807) is 10.00 Å². The molecule has 1 amide bonds. The van der Waals surface area contributed by atoms with Gasteiger partial charge in [-0.05, 0) is 6.92 Å². The number of alkyl halides is 6. The molecule has 18 heteroatoms. The zero-order valence-electron chi connectivity index (χ0n) is 20.6. The van der Waals surface area contributed by atoms with Gasteiger partial charge in [0, 0.05) is 63.6 Å². The molecule has 1 aliphatic rings. The molecule has 0 aliphatic carbocycles. The molecule has 12 nitrogen and oxygen atoms in total. The number of carbonyl (C=O) groups is 1. The lowest BCUT2D eigenvalue weighted by Gasteiger charge is -2.34. The number of aromatic amines is 1. The zero-order chi connectivity index (χ0) is 29.2. The van der Waals surface area contributed by atoms with Crippen molar-refractivity contribution in [2.75, 3.05) is 36.4 Å². The van der Waals surface area contributed by atoms with E-state index in [1.165, 1.54) is 18.0 Å². The average Bonchev–Trinajstić information content (AvgIpc) is 2.88. The van der Waals surface area contributed by atoms with Crippen LogP contribution in [0.1, 0.15) is 28.4 Å². The quantitative estimate of drug-likeness (QED) is 0.421. The van der Waals surface area contributed by atoms with Gasteiger partial charge in [-0.3, -0.25) is 14.2 Å². The molecule has 0 radical (unpaired) electrons. The number of hydrogen-bond acceptors (Lipinski definition) is 9. The van der Waals surface area contributed by atoms with Crippen LogP contribution < -0.4 is 21.5 Å². The minimum absolute atomic E-state index is 0.0415. The van der Waals surface area contributed by atoms with Crippen LogP contribution in [0.15, 0.2) is 40.6 Å². The number of rotatable bonds is 6. The molecule has 2 N–H and O–H groups in total. The lowest BCUT2D eigenvalue weighted by Crippen LogP contribution is -2.49. The molecule has 0 bridgehead atoms. The highest BCUT2D eigenvalue weighted by Crippen LogP contribution is 2.32. The first-order valence-electron chi connectivity index (χ1n) is 11.7. The highest BCUT2D eigenvalue weighted by molar-refractivity contribution is 5.93. The van der Waals surface area contributed by atoms with E-state index < -0.39 is 52.4 Å². The molecule has 1 atom stereocenters. The van der Waals surface area contributed by atoms with Crippen molar-refractivity contribution in [2.24, 2.45) is 0 Å². The first-order chi connectivity index (χ1) is 18.7. The van der Waals surface area contributed by atoms with Gasteiger partial charge in [0.15, 0.2) is 0 Å². The van der Waals surface area contributed by atoms with Crippen LogP contribution in [0.25, 0.3) is 0 Å². The Morgan fingerprint density at radius 1 is 0.975 bits per heavy atom. The Kier molecular flexibility index (Phi) is 7.79. The number of nitrogens with one attached hydrogen (secondary N) is 2. The van der Waals surface area contributed by atoms with Crippen LogP contribution in [0, 0.1) is 0 Å². The predicted molar refractivity (Wildman–Crippen MR) is 127 cm³/mol. The summed E-state index contributed by atoms with van der Waals surface area (Å²) in [7, 11) is 0. The Balaban J connectivity index is 1.41. The fourth-order valence-electron chi connectivity index (χ4n) is 4.01. The van der Waals surface area contributed by atoms with Crippen LogP contribution >= 0.6 is 0 Å². The SMILES string of the molecule is C[C@@H](Cn1cc(C(=O)N2CCN(c3ncc(C(F)(F)F)cn3)CC2)cnc1=O)Nc1cn[nH]c(=O)c1C(F)(F)F. The summed E-state index contributed by atoms with van der Waals surface area (Å²) in [6.07, 6.45) is -5.05. The van der Waals surface area contributed by atoms with Crippen LogP contribution in [-0.2, 0) is 18.9 Å². The maximum atomic E-state index is 13.3. The molecule has 1 saturated heterocycles. The van der Waals surface area contributed by atoms with E-state index >= 15 is 0 Å². The van der Waals surface area contributed by atoms with Gasteiger partial charge in [-0.1, -0.05) is 0 Å². The third kappa shape index (κ3) is 6.37. The van der Waals surface area contributed by atoms with Gasteiger partial charge in [-0.15, -0.1) is 0 Å². The van der Waals surface area contributed by atoms with Crippen molar-refractivity contribution < 1.29 is 31.1 Å². The van der Waals surface area contributed by atoms with Crippen molar-refractivity contribution >= 4 is 17.5 Å². The van der Waals surface area contributed by atoms with E-state index in [2.05, 4.69) is 25.4 Å². The third-order valence-electron chi connectivity index (χ3n) is 5.93. The molecule has 3 aromatic rings. The highest BCUT2D eigenvalue weighted by atomic mass is 19.4. The van der Waals surface area contributed by atoms with Gasteiger partial charge in [0.25, 0.3) is 11.5 Å². The van der Waals surface area contributed by atoms with E-state index in [0.29, 0.717) is 12.4 Å². The molecule has 1 aliphatic heterocycles. The number of halogens is 6. The van der Waals surface area contributed by atoms with Crippen molar-refractivity contribution in [1.29, 1.82) is 0 Å². The van der Waals surface area contributed by atoms with E-state index in [1.807, 2.05) is 0 Å². The van der Waals surface area contributed by atoms with Crippen molar-refractivity contribution in [2.45, 2.75) is 31.9 Å². The Bertz CT molecular complexity index is 1480. The summed E-state index contributed by atoms with van der Waals surface area (Å²) in [5, 5.41) is 7.61. The van der Waals surface area contributed by atoms with Crippen LogP contribution in [0.2, 0.25) is 0 Å². The maximum absolute atomic E-state index is 13.3. The summed E-state index contributed by atoms with van der Waals surface area (Å²) in [5.74, 6) is -0.394. The van der Waals surface area contributed by atoms with Crippen molar-refractivity contribution in [1.82, 2.24) is 34.6 Å². The number of aromatic nitrogens is 6. The van der Waals surface area contributed by atoms with Gasteiger partial charge in [0.2, 0.25) is 5.95 Å². The molecule has 214 valence electrons. The van der Waals surface area contributed by atoms with Crippen molar-refractivity contribution in [3.8, 4) is 0 Å². The van der Waals surface area contributed by atoms with Crippen LogP contribution in [0.4, 0.5) is 38.0 Å². The van der Waals surface area contributed by atoms with E-state index in [0.717, 1.165) is 17.0 Å². The van der Waals surface area contributed by atoms with Crippen LogP contribution in [0.3, 0.4) is 0 Å². The fraction of sp³-hybridized carbons (Fsp3) is 0.409. The van der Waals surface area contributed by atoms with Crippen molar-refractivity contribution in [3.63, 3.8) is 0 Å². The van der Waals surface area contributed by atoms with Gasteiger partial charge >= 0.3 is 18.0 Å². The lowest BCUT2D eigenvalue weighted by atomic mass is 10.2. The Labute approximate surface area is 220 Å². The number of anilines is 2. The van der Waals surface area contributed by atoms with Gasteiger partial charge in [-0.25, -0.2) is 24.8 Å². The smallest absolute Gasteiger partial charge is 0.379 e. The number of piperazine rings is 1. The summed E-state index contributed by atoms with van der Waals surface area (Å²) in [5.41, 5.74) is -5.17. The molecule has 4 heterocycles. The van der Waals surface area contributed by atoms with Crippen molar-refractivity contribution in [3.05, 3.63) is 68.5 Å². The molecule has 0 spiro atoms. The topological polar surface area (TPSA) is 142 Å². The predicted octanol–water partition coefficient (Wildman–Crippen LogP) is 1.62. The summed E-state index contributed by atoms with van der Waals surface area (Å²) < 4.78 is 79.2. The molecule has 0 unspecified atom stereocenters. The normalized spacial score (nSPS) is 15.2. The van der Waals surface area contributed by atoms with Gasteiger partial charge in [0.1, 0.15) is 5.56 Å². The second kappa shape index (κ2) is 10.9. The van der Waals surface area contributed by atoms with Crippen LogP contribution in [0.5, 0.6) is 0 Å². The first kappa shape index (κ1) is 28.5. The maximum Gasteiger partial charge on any atom is 0.423 e. The average molecular weight is 573 g/mol. The summed E-state index contributed by atoms with van der Waals surface area (Å²) in [4.78, 5) is 51.2. The number of carbonyl (C=O) groups excluding carboxylic acids is 1. The molecule has 3 aromatic heterocycles. The molecule has 1 fully saturated rings. The van der Waals surface area contributed by atoms with Gasteiger partial charge in [-0.2, -0.15) is 31.4 Å². The molecular formula is C22H21F6N9O3. The number of amides is 1. The van der Waals surface area contributed by atoms with Gasteiger partial charge < -0.3 is 15.1 Å². The van der Waals surface area contributed by atoms with Gasteiger partial charge in [0.05, 0.1) is 23.0 Å². The monoisotopic (exact) mass is 573 g/mol. The Morgan fingerprint density at radius 2 is 1.62 bits per heavy atom. The summed E-state index contributed by atoms with van der Waals surface area (Å²) >= 11 is 0. The minimum Gasteiger partial charge on any atom is -0.379 e. The Morgan fingerprint density at radius 3 is 2.23 bits per heavy atom. The molecular weight excluding hydrogens is 552 g/mol.